The van der Waals surface area contributed by atoms with Crippen LogP contribution in [0.4, 0.5) is 0 Å². The standard InChI is InChI=1S/C17H21N3O3S/c1-10(2)20-13-8-12(5-4-11(13)9-18-20)19-16(21)14-6-7-15(24-14)17(22)23-3/h6-7,9-10,12H,4-5,8H2,1-3H3,(H,19,21)/t12-/m1/s1. The summed E-state index contributed by atoms with van der Waals surface area (Å²) in [5, 5.41) is 7.54. The van der Waals surface area contributed by atoms with E-state index in [2.05, 4.69) is 29.0 Å². The van der Waals surface area contributed by atoms with Gasteiger partial charge < -0.3 is 10.1 Å². The van der Waals surface area contributed by atoms with E-state index in [1.54, 1.807) is 12.1 Å². The van der Waals surface area contributed by atoms with Gasteiger partial charge in [-0.05, 0) is 44.4 Å². The highest BCUT2D eigenvalue weighted by atomic mass is 32.1. The number of carbonyl (C=O) groups excluding carboxylic acids is 2. The SMILES string of the molecule is COC(=O)c1ccc(C(=O)N[C@@H]2CCc3cnn(C(C)C)c3C2)s1. The lowest BCUT2D eigenvalue weighted by molar-refractivity contribution is 0.0606. The number of rotatable bonds is 4. The second-order valence-corrected chi connectivity index (χ2v) is 7.31. The largest absolute Gasteiger partial charge is 0.465 e. The van der Waals surface area contributed by atoms with Gasteiger partial charge >= 0.3 is 5.97 Å². The molecule has 3 rings (SSSR count). The highest BCUT2D eigenvalue weighted by Crippen LogP contribution is 2.24. The lowest BCUT2D eigenvalue weighted by Crippen LogP contribution is -2.39. The summed E-state index contributed by atoms with van der Waals surface area (Å²) in [5.41, 5.74) is 2.49. The Bertz CT molecular complexity index is 763. The van der Waals surface area contributed by atoms with Crippen LogP contribution in [-0.2, 0) is 17.6 Å². The topological polar surface area (TPSA) is 73.2 Å². The van der Waals surface area contributed by atoms with E-state index in [-0.39, 0.29) is 11.9 Å². The summed E-state index contributed by atoms with van der Waals surface area (Å²) in [6, 6.07) is 3.68. The molecule has 1 aliphatic rings. The van der Waals surface area contributed by atoms with Gasteiger partial charge in [0.05, 0.1) is 18.2 Å². The van der Waals surface area contributed by atoms with Gasteiger partial charge in [-0.2, -0.15) is 5.10 Å². The molecule has 1 amide bonds. The Labute approximate surface area is 144 Å². The number of esters is 1. The summed E-state index contributed by atoms with van der Waals surface area (Å²) < 4.78 is 6.71. The number of ether oxygens (including phenoxy) is 1. The number of aryl methyl sites for hydroxylation is 1. The number of thiophene rings is 1. The number of hydrogen-bond acceptors (Lipinski definition) is 5. The third-order valence-corrected chi connectivity index (χ3v) is 5.29. The van der Waals surface area contributed by atoms with Crippen molar-refractivity contribution in [1.29, 1.82) is 0 Å². The lowest BCUT2D eigenvalue weighted by atomic mass is 9.93. The van der Waals surface area contributed by atoms with E-state index >= 15 is 0 Å². The Morgan fingerprint density at radius 3 is 2.83 bits per heavy atom. The van der Waals surface area contributed by atoms with Crippen molar-refractivity contribution in [2.24, 2.45) is 0 Å². The van der Waals surface area contributed by atoms with Crippen molar-refractivity contribution in [3.8, 4) is 0 Å². The molecule has 1 N–H and O–H groups in total. The summed E-state index contributed by atoms with van der Waals surface area (Å²) in [5.74, 6) is -0.554. The number of nitrogens with zero attached hydrogens (tertiary/aromatic N) is 2. The number of methoxy groups -OCH3 is 1. The molecule has 0 spiro atoms. The van der Waals surface area contributed by atoms with Crippen molar-refractivity contribution in [3.63, 3.8) is 0 Å². The van der Waals surface area contributed by atoms with Crippen LogP contribution in [0.1, 0.15) is 56.9 Å². The molecule has 0 fully saturated rings. The molecule has 2 aromatic rings. The monoisotopic (exact) mass is 347 g/mol. The summed E-state index contributed by atoms with van der Waals surface area (Å²) >= 11 is 1.15. The van der Waals surface area contributed by atoms with E-state index in [4.69, 9.17) is 0 Å². The molecular formula is C17H21N3O3S. The Hall–Kier alpha value is -2.15. The molecule has 2 aromatic heterocycles. The Balaban J connectivity index is 1.68. The fraction of sp³-hybridized carbons (Fsp3) is 0.471. The first-order valence-electron chi connectivity index (χ1n) is 8.04. The van der Waals surface area contributed by atoms with Crippen molar-refractivity contribution in [2.45, 2.75) is 45.2 Å². The minimum Gasteiger partial charge on any atom is -0.465 e. The van der Waals surface area contributed by atoms with Crippen LogP contribution in [0, 0.1) is 0 Å². The molecule has 0 aliphatic heterocycles. The predicted molar refractivity (Wildman–Crippen MR) is 91.5 cm³/mol. The van der Waals surface area contributed by atoms with Gasteiger partial charge in [-0.3, -0.25) is 9.48 Å². The van der Waals surface area contributed by atoms with E-state index < -0.39 is 5.97 Å². The number of hydrogen-bond donors (Lipinski definition) is 1. The van der Waals surface area contributed by atoms with Crippen molar-refractivity contribution in [2.75, 3.05) is 7.11 Å². The maximum absolute atomic E-state index is 12.4. The van der Waals surface area contributed by atoms with Crippen LogP contribution < -0.4 is 5.32 Å². The van der Waals surface area contributed by atoms with E-state index in [9.17, 15) is 9.59 Å². The first-order chi connectivity index (χ1) is 11.5. The zero-order valence-corrected chi connectivity index (χ0v) is 14.9. The zero-order valence-electron chi connectivity index (χ0n) is 14.0. The molecule has 1 atom stereocenters. The van der Waals surface area contributed by atoms with Gasteiger partial charge in [0.1, 0.15) is 4.88 Å². The van der Waals surface area contributed by atoms with Gasteiger partial charge in [-0.1, -0.05) is 0 Å². The van der Waals surface area contributed by atoms with Crippen LogP contribution in [0.2, 0.25) is 0 Å². The normalized spacial score (nSPS) is 16.8. The van der Waals surface area contributed by atoms with Crippen LogP contribution in [0.25, 0.3) is 0 Å². The van der Waals surface area contributed by atoms with Crippen LogP contribution in [0.3, 0.4) is 0 Å². The van der Waals surface area contributed by atoms with Gasteiger partial charge in [0.25, 0.3) is 5.91 Å². The first kappa shape index (κ1) is 16.7. The van der Waals surface area contributed by atoms with Crippen LogP contribution in [0.15, 0.2) is 18.3 Å². The molecule has 1 aliphatic carbocycles. The molecule has 24 heavy (non-hydrogen) atoms. The molecule has 0 saturated carbocycles. The predicted octanol–water partition coefficient (Wildman–Crippen LogP) is 2.60. The average Bonchev–Trinajstić information content (AvgIpc) is 3.20. The maximum atomic E-state index is 12.4. The van der Waals surface area contributed by atoms with Crippen LogP contribution in [0.5, 0.6) is 0 Å². The summed E-state index contributed by atoms with van der Waals surface area (Å²) in [4.78, 5) is 24.9. The van der Waals surface area contributed by atoms with Gasteiger partial charge in [-0.25, -0.2) is 4.79 Å². The summed E-state index contributed by atoms with van der Waals surface area (Å²) in [6.07, 6.45) is 4.55. The number of amides is 1. The molecule has 2 heterocycles. The number of carbonyl (C=O) groups is 2. The Kier molecular flexibility index (Phi) is 4.71. The number of fused-ring (bicyclic) bond motifs is 1. The van der Waals surface area contributed by atoms with Crippen molar-refractivity contribution < 1.29 is 14.3 Å². The summed E-state index contributed by atoms with van der Waals surface area (Å²) in [7, 11) is 1.33. The molecule has 128 valence electrons. The van der Waals surface area contributed by atoms with Crippen molar-refractivity contribution >= 4 is 23.2 Å². The molecular weight excluding hydrogens is 326 g/mol. The van der Waals surface area contributed by atoms with Gasteiger partial charge in [-0.15, -0.1) is 11.3 Å². The van der Waals surface area contributed by atoms with E-state index in [0.29, 0.717) is 15.8 Å². The second-order valence-electron chi connectivity index (χ2n) is 6.22. The average molecular weight is 347 g/mol. The maximum Gasteiger partial charge on any atom is 0.348 e. The smallest absolute Gasteiger partial charge is 0.348 e. The fourth-order valence-corrected chi connectivity index (χ4v) is 3.84. The number of nitrogens with one attached hydrogen (secondary N) is 1. The van der Waals surface area contributed by atoms with Crippen molar-refractivity contribution in [3.05, 3.63) is 39.3 Å². The molecule has 0 unspecified atom stereocenters. The minimum absolute atomic E-state index is 0.0860. The zero-order chi connectivity index (χ0) is 17.3. The molecule has 7 heteroatoms. The Morgan fingerprint density at radius 1 is 1.38 bits per heavy atom. The molecule has 6 nitrogen and oxygen atoms in total. The second kappa shape index (κ2) is 6.76. The number of aromatic nitrogens is 2. The quantitative estimate of drug-likeness (QED) is 0.863. The summed E-state index contributed by atoms with van der Waals surface area (Å²) in [6.45, 7) is 4.21. The highest BCUT2D eigenvalue weighted by molar-refractivity contribution is 7.15. The van der Waals surface area contributed by atoms with E-state index in [0.717, 1.165) is 30.6 Å². The first-order valence-corrected chi connectivity index (χ1v) is 8.85. The third-order valence-electron chi connectivity index (χ3n) is 4.23. The molecule has 0 saturated heterocycles. The van der Waals surface area contributed by atoms with Crippen LogP contribution >= 0.6 is 11.3 Å². The lowest BCUT2D eigenvalue weighted by Gasteiger charge is -2.25. The van der Waals surface area contributed by atoms with Gasteiger partial charge in [0.2, 0.25) is 0 Å². The Morgan fingerprint density at radius 2 is 2.12 bits per heavy atom. The molecule has 0 aromatic carbocycles. The molecule has 0 radical (unpaired) electrons. The van der Waals surface area contributed by atoms with Crippen molar-refractivity contribution in [1.82, 2.24) is 15.1 Å². The minimum atomic E-state index is -0.415. The molecule has 0 bridgehead atoms. The third kappa shape index (κ3) is 3.21. The highest BCUT2D eigenvalue weighted by Gasteiger charge is 2.25. The fourth-order valence-electron chi connectivity index (χ4n) is 3.02. The van der Waals surface area contributed by atoms with Gasteiger partial charge in [0, 0.05) is 24.2 Å². The van der Waals surface area contributed by atoms with E-state index in [1.165, 1.54) is 18.4 Å². The van der Waals surface area contributed by atoms with Crippen LogP contribution in [-0.4, -0.2) is 34.8 Å². The van der Waals surface area contributed by atoms with Gasteiger partial charge in [0.15, 0.2) is 0 Å². The van der Waals surface area contributed by atoms with E-state index in [1.807, 2.05) is 10.9 Å².